The van der Waals surface area contributed by atoms with Crippen molar-refractivity contribution < 1.29 is 29.3 Å². The molecule has 6 rings (SSSR count). The van der Waals surface area contributed by atoms with Crippen LogP contribution in [0.25, 0.3) is 11.6 Å². The third kappa shape index (κ3) is 7.40. The molecule has 0 aromatic heterocycles. The van der Waals surface area contributed by atoms with Crippen LogP contribution in [0.15, 0.2) is 114 Å². The number of imide groups is 1. The Hall–Kier alpha value is -4.60. The highest BCUT2D eigenvalue weighted by Gasteiger charge is 2.55. The molecular weight excluding hydrogens is 691 g/mol. The average molecular weight is 744 g/mol. The van der Waals surface area contributed by atoms with Crippen molar-refractivity contribution in [2.75, 3.05) is 20.3 Å². The van der Waals surface area contributed by atoms with Gasteiger partial charge in [0.1, 0.15) is 5.75 Å². The van der Waals surface area contributed by atoms with E-state index in [9.17, 15) is 24.9 Å². The normalized spacial score (nSPS) is 20.0. The topological polar surface area (TPSA) is 107 Å². The summed E-state index contributed by atoms with van der Waals surface area (Å²) in [5.41, 5.74) is 5.92. The monoisotopic (exact) mass is 743 g/mol. The number of hydrogen-bond acceptors (Lipinski definition) is 6. The van der Waals surface area contributed by atoms with E-state index in [1.165, 1.54) is 11.9 Å². The number of rotatable bonds is 12. The number of carbonyl (C=O) groups is 2. The van der Waals surface area contributed by atoms with Gasteiger partial charge in [-0.25, -0.2) is 0 Å². The number of aliphatic hydroxyl groups excluding tert-OH is 2. The Morgan fingerprint density at radius 1 is 0.889 bits per heavy atom. The number of amides is 2. The number of likely N-dealkylation sites (tertiary alicyclic amines) is 1. The number of allylic oxidation sites excluding steroid dienone is 1. The van der Waals surface area contributed by atoms with Crippen LogP contribution in [0, 0.1) is 31.6 Å². The van der Waals surface area contributed by atoms with E-state index in [1.807, 2.05) is 92.7 Å². The highest BCUT2D eigenvalue weighted by Crippen LogP contribution is 2.47. The number of nitrogens with zero attached hydrogens (tertiary/aromatic N) is 1. The molecule has 1 aliphatic heterocycles. The first-order valence-corrected chi connectivity index (χ1v) is 20.8. The molecule has 4 atom stereocenters. The highest BCUT2D eigenvalue weighted by molar-refractivity contribution is 6.99. The Balaban J connectivity index is 1.43. The van der Waals surface area contributed by atoms with Gasteiger partial charge in [0.25, 0.3) is 8.32 Å². The molecule has 2 amide bonds. The van der Waals surface area contributed by atoms with Gasteiger partial charge in [-0.15, -0.1) is 0 Å². The van der Waals surface area contributed by atoms with E-state index in [0.717, 1.165) is 43.8 Å². The van der Waals surface area contributed by atoms with Gasteiger partial charge in [0.15, 0.2) is 0 Å². The first kappa shape index (κ1) is 39.1. The lowest BCUT2D eigenvalue weighted by molar-refractivity contribution is -0.138. The van der Waals surface area contributed by atoms with Crippen LogP contribution >= 0.6 is 0 Å². The minimum atomic E-state index is -3.01. The fourth-order valence-corrected chi connectivity index (χ4v) is 13.4. The maximum atomic E-state index is 13.6. The van der Waals surface area contributed by atoms with Crippen molar-refractivity contribution in [3.8, 4) is 5.75 Å². The Morgan fingerprint density at radius 3 is 1.94 bits per heavy atom. The van der Waals surface area contributed by atoms with Gasteiger partial charge in [-0.3, -0.25) is 14.5 Å². The van der Waals surface area contributed by atoms with Crippen molar-refractivity contribution >= 4 is 42.2 Å². The first-order valence-electron chi connectivity index (χ1n) is 18.9. The summed E-state index contributed by atoms with van der Waals surface area (Å²) >= 11 is 0. The summed E-state index contributed by atoms with van der Waals surface area (Å²) in [6, 6.07) is 34.6. The molecule has 0 bridgehead atoms. The molecule has 54 heavy (non-hydrogen) atoms. The number of phenols is 1. The number of phenolic OH excluding ortho intramolecular Hbond substituents is 1. The third-order valence-corrected chi connectivity index (χ3v) is 16.5. The van der Waals surface area contributed by atoms with E-state index in [0.29, 0.717) is 18.4 Å². The van der Waals surface area contributed by atoms with Crippen molar-refractivity contribution in [2.45, 2.75) is 65.0 Å². The van der Waals surface area contributed by atoms with Gasteiger partial charge in [-0.05, 0) is 99.6 Å². The maximum Gasteiger partial charge on any atom is 0.261 e. The van der Waals surface area contributed by atoms with E-state index in [2.05, 4.69) is 51.1 Å². The van der Waals surface area contributed by atoms with Gasteiger partial charge >= 0.3 is 0 Å². The number of hydrogen-bond donors (Lipinski definition) is 3. The Kier molecular flexibility index (Phi) is 11.6. The lowest BCUT2D eigenvalue weighted by Gasteiger charge is -2.44. The minimum Gasteiger partial charge on any atom is -0.507 e. The summed E-state index contributed by atoms with van der Waals surface area (Å²) in [6.45, 7) is 10.2. The van der Waals surface area contributed by atoms with Crippen LogP contribution in [0.2, 0.25) is 5.04 Å². The number of aromatic hydroxyl groups is 1. The third-order valence-electron chi connectivity index (χ3n) is 11.5. The zero-order valence-electron chi connectivity index (χ0n) is 32.3. The second-order valence-corrected chi connectivity index (χ2v) is 20.3. The molecule has 1 saturated heterocycles. The van der Waals surface area contributed by atoms with Crippen LogP contribution < -0.4 is 10.4 Å². The van der Waals surface area contributed by atoms with Crippen LogP contribution in [0.5, 0.6) is 5.75 Å². The van der Waals surface area contributed by atoms with Crippen LogP contribution in [-0.2, 0) is 14.0 Å². The predicted octanol–water partition coefficient (Wildman–Crippen LogP) is 6.81. The Bertz CT molecular complexity index is 1970. The van der Waals surface area contributed by atoms with E-state index >= 15 is 0 Å². The van der Waals surface area contributed by atoms with E-state index < -0.39 is 32.2 Å². The van der Waals surface area contributed by atoms with Crippen LogP contribution in [0.4, 0.5) is 0 Å². The number of carbonyl (C=O) groups excluding carboxylic acids is 2. The minimum absolute atomic E-state index is 0.151. The highest BCUT2D eigenvalue weighted by atomic mass is 28.4. The standard InChI is InChI=1S/C46H53NO6Si/c1-30-24-32(25-31(2)43(30)50)26-34(33-16-10-7-11-17-33)22-23-40(49)41-35(27-38-42(39(41)28-48)45(52)47(6)44(38)51)29-53-54(46(3,4)5,36-18-12-8-13-19-36)37-20-14-9-15-21-37/h7-21,24-26,38-40,42,48-50H,22-23,27-29H2,1-6H3/b34-26-/t38-,39+,40-,42-/m1/s1. The zero-order valence-corrected chi connectivity index (χ0v) is 33.3. The number of benzene rings is 4. The molecule has 1 heterocycles. The summed E-state index contributed by atoms with van der Waals surface area (Å²) in [5.74, 6) is -2.41. The zero-order chi connectivity index (χ0) is 38.8. The molecule has 1 fully saturated rings. The largest absolute Gasteiger partial charge is 0.507 e. The van der Waals surface area contributed by atoms with E-state index in [1.54, 1.807) is 0 Å². The summed E-state index contributed by atoms with van der Waals surface area (Å²) in [5, 5.41) is 35.7. The van der Waals surface area contributed by atoms with Crippen LogP contribution in [0.1, 0.15) is 62.3 Å². The number of aliphatic hydroxyl groups is 2. The van der Waals surface area contributed by atoms with E-state index in [4.69, 9.17) is 4.43 Å². The van der Waals surface area contributed by atoms with Gasteiger partial charge in [-0.1, -0.05) is 118 Å². The van der Waals surface area contributed by atoms with Gasteiger partial charge in [-0.2, -0.15) is 0 Å². The van der Waals surface area contributed by atoms with Crippen molar-refractivity contribution in [3.63, 3.8) is 0 Å². The summed E-state index contributed by atoms with van der Waals surface area (Å²) in [7, 11) is -1.50. The van der Waals surface area contributed by atoms with Crippen molar-refractivity contribution in [2.24, 2.45) is 17.8 Å². The van der Waals surface area contributed by atoms with Gasteiger partial charge < -0.3 is 19.7 Å². The smallest absolute Gasteiger partial charge is 0.261 e. The molecule has 7 nitrogen and oxygen atoms in total. The predicted molar refractivity (Wildman–Crippen MR) is 218 cm³/mol. The van der Waals surface area contributed by atoms with Crippen molar-refractivity contribution in [3.05, 3.63) is 137 Å². The van der Waals surface area contributed by atoms with E-state index in [-0.39, 0.29) is 42.2 Å². The molecule has 4 aromatic rings. The van der Waals surface area contributed by atoms with Crippen LogP contribution in [-0.4, -0.2) is 66.7 Å². The first-order chi connectivity index (χ1) is 25.8. The number of aryl methyl sites for hydroxylation is 2. The summed E-state index contributed by atoms with van der Waals surface area (Å²) < 4.78 is 7.37. The van der Waals surface area contributed by atoms with Gasteiger partial charge in [0.2, 0.25) is 11.8 Å². The molecule has 0 spiro atoms. The molecule has 8 heteroatoms. The Labute approximate surface area is 320 Å². The fourth-order valence-electron chi connectivity index (χ4n) is 8.88. The maximum absolute atomic E-state index is 13.6. The summed E-state index contributed by atoms with van der Waals surface area (Å²) in [6.07, 6.45) is 2.17. The van der Waals surface area contributed by atoms with Gasteiger partial charge in [0.05, 0.1) is 31.2 Å². The second kappa shape index (κ2) is 16.0. The van der Waals surface area contributed by atoms with Crippen molar-refractivity contribution in [1.29, 1.82) is 0 Å². The molecule has 282 valence electrons. The fraction of sp³-hybridized carbons (Fsp3) is 0.348. The average Bonchev–Trinajstić information content (AvgIpc) is 3.38. The molecular formula is C46H53NO6Si. The SMILES string of the molecule is Cc1cc(/C=C(/CC[C@@H](O)C2=C(CO[Si](c3ccccc3)(c3ccccc3)C(C)(C)C)C[C@H]3C(=O)N(C)C(=O)[C@H]3[C@H]2CO)c2ccccc2)cc(C)c1O. The molecule has 1 aliphatic carbocycles. The summed E-state index contributed by atoms with van der Waals surface area (Å²) in [4.78, 5) is 28.3. The second-order valence-electron chi connectivity index (χ2n) is 16.0. The Morgan fingerprint density at radius 2 is 1.43 bits per heavy atom. The molecule has 0 radical (unpaired) electrons. The molecule has 4 aromatic carbocycles. The van der Waals surface area contributed by atoms with Crippen molar-refractivity contribution in [1.82, 2.24) is 4.90 Å². The molecule has 2 aliphatic rings. The quantitative estimate of drug-likeness (QED) is 0.0638. The van der Waals surface area contributed by atoms with Gasteiger partial charge in [0, 0.05) is 13.0 Å². The van der Waals surface area contributed by atoms with Crippen LogP contribution in [0.3, 0.4) is 0 Å². The lowest BCUT2D eigenvalue weighted by Crippen LogP contribution is -2.66. The lowest BCUT2D eigenvalue weighted by atomic mass is 9.68. The number of fused-ring (bicyclic) bond motifs is 1. The molecule has 0 unspecified atom stereocenters. The molecule has 3 N–H and O–H groups in total. The molecule has 0 saturated carbocycles.